The van der Waals surface area contributed by atoms with Gasteiger partial charge in [-0.1, -0.05) is 15.9 Å². The van der Waals surface area contributed by atoms with E-state index in [4.69, 9.17) is 9.47 Å². The van der Waals surface area contributed by atoms with Crippen molar-refractivity contribution in [3.8, 4) is 0 Å². The third kappa shape index (κ3) is 3.33. The lowest BCUT2D eigenvalue weighted by Gasteiger charge is -2.41. The number of methoxy groups -OCH3 is 1. The van der Waals surface area contributed by atoms with E-state index in [2.05, 4.69) is 21.2 Å². The van der Waals surface area contributed by atoms with Crippen molar-refractivity contribution in [3.63, 3.8) is 0 Å². The van der Waals surface area contributed by atoms with Crippen LogP contribution in [0.5, 0.6) is 0 Å². The molecule has 0 aliphatic carbocycles. The number of anilines is 1. The van der Waals surface area contributed by atoms with E-state index in [0.29, 0.717) is 12.8 Å². The van der Waals surface area contributed by atoms with Gasteiger partial charge in [0, 0.05) is 23.0 Å². The number of carbonyl (C=O) groups is 1. The number of hydrogen-bond donors (Lipinski definition) is 1. The molecule has 2 atom stereocenters. The first-order valence-electron chi connectivity index (χ1n) is 6.73. The van der Waals surface area contributed by atoms with Crippen LogP contribution in [-0.4, -0.2) is 30.8 Å². The Labute approximate surface area is 128 Å². The normalized spacial score (nSPS) is 29.8. The van der Waals surface area contributed by atoms with Gasteiger partial charge in [0.25, 0.3) is 0 Å². The monoisotopic (exact) mass is 341 g/mol. The number of nitrogens with one attached hydrogen (secondary N) is 1. The molecule has 2 unspecified atom stereocenters. The van der Waals surface area contributed by atoms with Gasteiger partial charge in [0.2, 0.25) is 0 Å². The molecule has 4 nitrogen and oxygen atoms in total. The highest BCUT2D eigenvalue weighted by molar-refractivity contribution is 9.10. The lowest BCUT2D eigenvalue weighted by molar-refractivity contribution is -0.154. The van der Waals surface area contributed by atoms with Crippen LogP contribution in [0, 0.1) is 0 Å². The van der Waals surface area contributed by atoms with Crippen molar-refractivity contribution >= 4 is 27.6 Å². The Morgan fingerprint density at radius 3 is 2.35 bits per heavy atom. The molecule has 0 spiro atoms. The van der Waals surface area contributed by atoms with Crippen molar-refractivity contribution < 1.29 is 14.3 Å². The maximum Gasteiger partial charge on any atom is 0.331 e. The molecule has 1 saturated heterocycles. The highest BCUT2D eigenvalue weighted by atomic mass is 79.9. The van der Waals surface area contributed by atoms with E-state index >= 15 is 0 Å². The number of benzene rings is 1. The molecular weight excluding hydrogens is 322 g/mol. The van der Waals surface area contributed by atoms with Crippen molar-refractivity contribution in [3.05, 3.63) is 28.7 Å². The molecule has 1 heterocycles. The van der Waals surface area contributed by atoms with Gasteiger partial charge in [-0.25, -0.2) is 4.79 Å². The van der Waals surface area contributed by atoms with E-state index in [0.717, 1.165) is 10.2 Å². The van der Waals surface area contributed by atoms with Gasteiger partial charge in [-0.15, -0.1) is 0 Å². The molecule has 1 N–H and O–H groups in total. The fourth-order valence-electron chi connectivity index (χ4n) is 2.88. The summed E-state index contributed by atoms with van der Waals surface area (Å²) < 4.78 is 11.8. The summed E-state index contributed by atoms with van der Waals surface area (Å²) in [6, 6.07) is 7.78. The minimum absolute atomic E-state index is 0.0146. The van der Waals surface area contributed by atoms with Gasteiger partial charge >= 0.3 is 5.97 Å². The zero-order valence-electron chi connectivity index (χ0n) is 12.0. The van der Waals surface area contributed by atoms with Crippen LogP contribution in [0.15, 0.2) is 28.7 Å². The van der Waals surface area contributed by atoms with E-state index in [-0.39, 0.29) is 18.2 Å². The summed E-state index contributed by atoms with van der Waals surface area (Å²) in [7, 11) is 1.43. The van der Waals surface area contributed by atoms with Crippen LogP contribution < -0.4 is 5.32 Å². The largest absolute Gasteiger partial charge is 0.467 e. The summed E-state index contributed by atoms with van der Waals surface area (Å²) in [6.07, 6.45) is 1.22. The number of ether oxygens (including phenoxy) is 2. The summed E-state index contributed by atoms with van der Waals surface area (Å²) in [5.74, 6) is -0.234. The van der Waals surface area contributed by atoms with Gasteiger partial charge in [0.1, 0.15) is 5.54 Å². The summed E-state index contributed by atoms with van der Waals surface area (Å²) in [6.45, 7) is 3.97. The summed E-state index contributed by atoms with van der Waals surface area (Å²) in [5, 5.41) is 3.36. The summed E-state index contributed by atoms with van der Waals surface area (Å²) >= 11 is 3.41. The summed E-state index contributed by atoms with van der Waals surface area (Å²) in [4.78, 5) is 12.3. The maximum absolute atomic E-state index is 12.3. The molecule has 0 amide bonds. The topological polar surface area (TPSA) is 47.6 Å². The fraction of sp³-hybridized carbons (Fsp3) is 0.533. The molecule has 1 aromatic carbocycles. The van der Waals surface area contributed by atoms with Gasteiger partial charge < -0.3 is 14.8 Å². The standard InChI is InChI=1S/C15H20BrNO3/c1-10-8-15(14(18)19-3,9-11(2)20-10)17-13-6-4-12(16)5-7-13/h4-7,10-11,17H,8-9H2,1-3H3. The molecule has 0 saturated carbocycles. The number of esters is 1. The van der Waals surface area contributed by atoms with Gasteiger partial charge in [0.05, 0.1) is 19.3 Å². The van der Waals surface area contributed by atoms with E-state index in [9.17, 15) is 4.79 Å². The predicted molar refractivity (Wildman–Crippen MR) is 81.8 cm³/mol. The molecule has 20 heavy (non-hydrogen) atoms. The van der Waals surface area contributed by atoms with Gasteiger partial charge in [-0.2, -0.15) is 0 Å². The Balaban J connectivity index is 2.27. The van der Waals surface area contributed by atoms with Crippen LogP contribution in [0.3, 0.4) is 0 Å². The van der Waals surface area contributed by atoms with E-state index < -0.39 is 5.54 Å². The molecule has 1 aliphatic rings. The second-order valence-corrected chi connectivity index (χ2v) is 6.29. The molecular formula is C15H20BrNO3. The van der Waals surface area contributed by atoms with Crippen LogP contribution in [0.4, 0.5) is 5.69 Å². The second kappa shape index (κ2) is 6.14. The first-order chi connectivity index (χ1) is 9.45. The first-order valence-corrected chi connectivity index (χ1v) is 7.52. The molecule has 1 aromatic rings. The van der Waals surface area contributed by atoms with Crippen molar-refractivity contribution in [1.29, 1.82) is 0 Å². The lowest BCUT2D eigenvalue weighted by Crippen LogP contribution is -2.55. The quantitative estimate of drug-likeness (QED) is 0.856. The van der Waals surface area contributed by atoms with Crippen LogP contribution >= 0.6 is 15.9 Å². The third-order valence-corrected chi connectivity index (χ3v) is 4.07. The molecule has 110 valence electrons. The molecule has 0 radical (unpaired) electrons. The van der Waals surface area contributed by atoms with Crippen LogP contribution in [-0.2, 0) is 14.3 Å². The Morgan fingerprint density at radius 1 is 1.30 bits per heavy atom. The van der Waals surface area contributed by atoms with E-state index in [1.165, 1.54) is 7.11 Å². The lowest BCUT2D eigenvalue weighted by atomic mass is 9.83. The highest BCUT2D eigenvalue weighted by Gasteiger charge is 2.45. The molecule has 0 bridgehead atoms. The van der Waals surface area contributed by atoms with Crippen molar-refractivity contribution in [2.75, 3.05) is 12.4 Å². The number of halogens is 1. The number of rotatable bonds is 3. The zero-order chi connectivity index (χ0) is 14.8. The minimum atomic E-state index is -0.723. The highest BCUT2D eigenvalue weighted by Crippen LogP contribution is 2.33. The summed E-state index contributed by atoms with van der Waals surface area (Å²) in [5.41, 5.74) is 0.180. The zero-order valence-corrected chi connectivity index (χ0v) is 13.6. The van der Waals surface area contributed by atoms with Crippen LogP contribution in [0.2, 0.25) is 0 Å². The number of carbonyl (C=O) groups excluding carboxylic acids is 1. The SMILES string of the molecule is COC(=O)C1(Nc2ccc(Br)cc2)CC(C)OC(C)C1. The predicted octanol–water partition coefficient (Wildman–Crippen LogP) is 3.36. The van der Waals surface area contributed by atoms with Gasteiger partial charge in [-0.05, 0) is 38.1 Å². The Hall–Kier alpha value is -1.07. The van der Waals surface area contributed by atoms with Crippen LogP contribution in [0.1, 0.15) is 26.7 Å². The van der Waals surface area contributed by atoms with Gasteiger partial charge in [0.15, 0.2) is 0 Å². The second-order valence-electron chi connectivity index (χ2n) is 5.37. The Kier molecular flexibility index (Phi) is 4.70. The average molecular weight is 342 g/mol. The number of hydrogen-bond acceptors (Lipinski definition) is 4. The van der Waals surface area contributed by atoms with Crippen molar-refractivity contribution in [1.82, 2.24) is 0 Å². The molecule has 1 fully saturated rings. The fourth-order valence-corrected chi connectivity index (χ4v) is 3.15. The molecule has 2 rings (SSSR count). The molecule has 5 heteroatoms. The molecule has 0 aromatic heterocycles. The first kappa shape index (κ1) is 15.3. The Morgan fingerprint density at radius 2 is 1.85 bits per heavy atom. The average Bonchev–Trinajstić information content (AvgIpc) is 2.39. The third-order valence-electron chi connectivity index (χ3n) is 3.54. The van der Waals surface area contributed by atoms with Crippen molar-refractivity contribution in [2.45, 2.75) is 44.4 Å². The van der Waals surface area contributed by atoms with Crippen LogP contribution in [0.25, 0.3) is 0 Å². The van der Waals surface area contributed by atoms with Crippen molar-refractivity contribution in [2.24, 2.45) is 0 Å². The maximum atomic E-state index is 12.3. The van der Waals surface area contributed by atoms with E-state index in [1.54, 1.807) is 0 Å². The van der Waals surface area contributed by atoms with Gasteiger partial charge in [-0.3, -0.25) is 0 Å². The smallest absolute Gasteiger partial charge is 0.331 e. The minimum Gasteiger partial charge on any atom is -0.467 e. The van der Waals surface area contributed by atoms with E-state index in [1.807, 2.05) is 38.1 Å². The Bertz CT molecular complexity index is 465. The molecule has 1 aliphatic heterocycles.